The molecular weight excluding hydrogens is 330 g/mol. The van der Waals surface area contributed by atoms with E-state index in [0.717, 1.165) is 0 Å². The van der Waals surface area contributed by atoms with Gasteiger partial charge in [-0.25, -0.2) is 4.98 Å². The van der Waals surface area contributed by atoms with Gasteiger partial charge in [-0.2, -0.15) is 0 Å². The molecule has 106 valence electrons. The lowest BCUT2D eigenvalue weighted by atomic mass is 10.1. The van der Waals surface area contributed by atoms with Gasteiger partial charge in [0.15, 0.2) is 0 Å². The Hall–Kier alpha value is -1.96. The number of amides is 2. The number of nitrogens with one attached hydrogen (secondary N) is 1. The number of nitrogens with zero attached hydrogens (tertiary/aromatic N) is 2. The molecule has 1 aliphatic rings. The van der Waals surface area contributed by atoms with Crippen molar-refractivity contribution in [2.45, 2.75) is 12.5 Å². The van der Waals surface area contributed by atoms with Crippen LogP contribution in [0, 0.1) is 0 Å². The van der Waals surface area contributed by atoms with Crippen molar-refractivity contribution in [3.8, 4) is 0 Å². The summed E-state index contributed by atoms with van der Waals surface area (Å²) in [6.07, 6.45) is 1.11. The second kappa shape index (κ2) is 6.00. The zero-order chi connectivity index (χ0) is 14.7. The summed E-state index contributed by atoms with van der Waals surface area (Å²) in [5, 5.41) is 11.4. The number of aromatic nitrogens is 1. The van der Waals surface area contributed by atoms with Gasteiger partial charge in [-0.15, -0.1) is 0 Å². The van der Waals surface area contributed by atoms with Crippen molar-refractivity contribution < 1.29 is 19.5 Å². The molecule has 0 aromatic carbocycles. The Bertz CT molecular complexity index is 563. The van der Waals surface area contributed by atoms with E-state index in [-0.39, 0.29) is 6.54 Å². The summed E-state index contributed by atoms with van der Waals surface area (Å²) in [7, 11) is 0. The van der Waals surface area contributed by atoms with E-state index in [1.54, 1.807) is 12.1 Å². The molecule has 1 aliphatic heterocycles. The molecule has 2 amide bonds. The molecule has 0 spiro atoms. The maximum atomic E-state index is 12.4. The van der Waals surface area contributed by atoms with E-state index in [9.17, 15) is 14.4 Å². The highest BCUT2D eigenvalue weighted by molar-refractivity contribution is 9.10. The Balaban J connectivity index is 2.28. The number of hydrogen-bond donors (Lipinski definition) is 2. The predicted molar refractivity (Wildman–Crippen MR) is 72.0 cm³/mol. The van der Waals surface area contributed by atoms with E-state index >= 15 is 0 Å². The van der Waals surface area contributed by atoms with Crippen molar-refractivity contribution in [2.24, 2.45) is 0 Å². The number of rotatable bonds is 3. The Morgan fingerprint density at radius 1 is 1.55 bits per heavy atom. The van der Waals surface area contributed by atoms with Gasteiger partial charge in [0, 0.05) is 19.3 Å². The molecule has 2 rings (SSSR count). The third-order valence-corrected chi connectivity index (χ3v) is 3.58. The zero-order valence-electron chi connectivity index (χ0n) is 10.4. The zero-order valence-corrected chi connectivity index (χ0v) is 12.0. The molecule has 1 fully saturated rings. The van der Waals surface area contributed by atoms with Crippen molar-refractivity contribution in [3.05, 3.63) is 28.5 Å². The lowest BCUT2D eigenvalue weighted by Crippen LogP contribution is -2.57. The summed E-state index contributed by atoms with van der Waals surface area (Å²) >= 11 is 3.17. The fourth-order valence-corrected chi connectivity index (χ4v) is 2.45. The lowest BCUT2D eigenvalue weighted by Gasteiger charge is -2.34. The number of aliphatic carboxylic acids is 1. The monoisotopic (exact) mass is 341 g/mol. The molecule has 2 N–H and O–H groups in total. The maximum absolute atomic E-state index is 12.4. The van der Waals surface area contributed by atoms with Crippen LogP contribution in [0.5, 0.6) is 0 Å². The smallest absolute Gasteiger partial charge is 0.305 e. The second-order valence-electron chi connectivity index (χ2n) is 4.25. The van der Waals surface area contributed by atoms with Crippen LogP contribution in [0.4, 0.5) is 0 Å². The van der Waals surface area contributed by atoms with E-state index < -0.39 is 30.2 Å². The van der Waals surface area contributed by atoms with Crippen LogP contribution in [-0.2, 0) is 9.59 Å². The van der Waals surface area contributed by atoms with Gasteiger partial charge in [0.25, 0.3) is 5.91 Å². The number of pyridine rings is 1. The van der Waals surface area contributed by atoms with Crippen LogP contribution in [-0.4, -0.2) is 51.9 Å². The molecule has 20 heavy (non-hydrogen) atoms. The molecule has 1 saturated heterocycles. The third kappa shape index (κ3) is 2.96. The average molecular weight is 342 g/mol. The Kier molecular flexibility index (Phi) is 4.33. The normalized spacial score (nSPS) is 18.6. The number of piperazine rings is 1. The van der Waals surface area contributed by atoms with Crippen LogP contribution >= 0.6 is 15.9 Å². The summed E-state index contributed by atoms with van der Waals surface area (Å²) < 4.78 is 0.366. The maximum Gasteiger partial charge on any atom is 0.305 e. The summed E-state index contributed by atoms with van der Waals surface area (Å²) in [6.45, 7) is 0.572. The number of carbonyl (C=O) groups is 3. The average Bonchev–Trinajstić information content (AvgIpc) is 2.40. The van der Waals surface area contributed by atoms with Gasteiger partial charge in [0.2, 0.25) is 5.91 Å². The van der Waals surface area contributed by atoms with Crippen molar-refractivity contribution in [1.82, 2.24) is 15.2 Å². The molecule has 8 heteroatoms. The number of hydrogen-bond acceptors (Lipinski definition) is 4. The largest absolute Gasteiger partial charge is 0.481 e. The van der Waals surface area contributed by atoms with Crippen LogP contribution in [0.2, 0.25) is 0 Å². The molecule has 1 aromatic heterocycles. The minimum Gasteiger partial charge on any atom is -0.481 e. The Morgan fingerprint density at radius 3 is 2.95 bits per heavy atom. The van der Waals surface area contributed by atoms with Gasteiger partial charge >= 0.3 is 5.97 Å². The standard InChI is InChI=1S/C12H12BrN3O4/c13-10-7(2-1-3-14-10)12(20)16-5-4-15-11(19)8(16)6-9(17)18/h1-3,8H,4-6H2,(H,15,19)(H,17,18). The molecule has 7 nitrogen and oxygen atoms in total. The minimum absolute atomic E-state index is 0.268. The Labute approximate surface area is 123 Å². The van der Waals surface area contributed by atoms with Crippen LogP contribution < -0.4 is 5.32 Å². The summed E-state index contributed by atoms with van der Waals surface area (Å²) in [5.41, 5.74) is 0.303. The van der Waals surface area contributed by atoms with Gasteiger partial charge in [-0.05, 0) is 28.1 Å². The number of carboxylic acids is 1. The highest BCUT2D eigenvalue weighted by Crippen LogP contribution is 2.19. The molecule has 1 atom stereocenters. The molecular formula is C12H12BrN3O4. The van der Waals surface area contributed by atoms with Gasteiger partial charge in [0.05, 0.1) is 12.0 Å². The fraction of sp³-hybridized carbons (Fsp3) is 0.333. The molecule has 0 saturated carbocycles. The quantitative estimate of drug-likeness (QED) is 0.768. The van der Waals surface area contributed by atoms with Crippen molar-refractivity contribution in [3.63, 3.8) is 0 Å². The highest BCUT2D eigenvalue weighted by atomic mass is 79.9. The number of carboxylic acid groups (broad SMARTS) is 1. The SMILES string of the molecule is O=C(O)CC1C(=O)NCCN1C(=O)c1cccnc1Br. The van der Waals surface area contributed by atoms with Gasteiger partial charge in [-0.1, -0.05) is 0 Å². The van der Waals surface area contributed by atoms with Gasteiger partial charge in [-0.3, -0.25) is 14.4 Å². The molecule has 0 aliphatic carbocycles. The van der Waals surface area contributed by atoms with Gasteiger partial charge in [0.1, 0.15) is 10.6 Å². The second-order valence-corrected chi connectivity index (χ2v) is 5.00. The van der Waals surface area contributed by atoms with Crippen molar-refractivity contribution >= 4 is 33.7 Å². The van der Waals surface area contributed by atoms with Crippen LogP contribution in [0.15, 0.2) is 22.9 Å². The van der Waals surface area contributed by atoms with Gasteiger partial charge < -0.3 is 15.3 Å². The number of halogens is 1. The van der Waals surface area contributed by atoms with Crippen molar-refractivity contribution in [2.75, 3.05) is 13.1 Å². The van der Waals surface area contributed by atoms with E-state index in [1.807, 2.05) is 0 Å². The number of carbonyl (C=O) groups excluding carboxylic acids is 2. The summed E-state index contributed by atoms with van der Waals surface area (Å²) in [5.74, 6) is -1.99. The topological polar surface area (TPSA) is 99.6 Å². The summed E-state index contributed by atoms with van der Waals surface area (Å²) in [6, 6.07) is 2.18. The highest BCUT2D eigenvalue weighted by Gasteiger charge is 2.35. The van der Waals surface area contributed by atoms with Crippen LogP contribution in [0.25, 0.3) is 0 Å². The van der Waals surface area contributed by atoms with Crippen molar-refractivity contribution in [1.29, 1.82) is 0 Å². The molecule has 1 aromatic rings. The first-order chi connectivity index (χ1) is 9.50. The predicted octanol–water partition coefficient (Wildman–Crippen LogP) is 0.259. The fourth-order valence-electron chi connectivity index (χ4n) is 2.03. The minimum atomic E-state index is -1.13. The first-order valence-electron chi connectivity index (χ1n) is 5.91. The van der Waals surface area contributed by atoms with E-state index in [1.165, 1.54) is 11.1 Å². The molecule has 1 unspecified atom stereocenters. The Morgan fingerprint density at radius 2 is 2.30 bits per heavy atom. The van der Waals surface area contributed by atoms with Crippen LogP contribution in [0.1, 0.15) is 16.8 Å². The first kappa shape index (κ1) is 14.4. The first-order valence-corrected chi connectivity index (χ1v) is 6.71. The summed E-state index contributed by atoms with van der Waals surface area (Å²) in [4.78, 5) is 40.3. The third-order valence-electron chi connectivity index (χ3n) is 2.95. The molecule has 0 bridgehead atoms. The molecule has 0 radical (unpaired) electrons. The lowest BCUT2D eigenvalue weighted by molar-refractivity contribution is -0.142. The van der Waals surface area contributed by atoms with E-state index in [2.05, 4.69) is 26.2 Å². The van der Waals surface area contributed by atoms with E-state index in [4.69, 9.17) is 5.11 Å². The van der Waals surface area contributed by atoms with Crippen LogP contribution in [0.3, 0.4) is 0 Å². The molecule has 2 heterocycles. The van der Waals surface area contributed by atoms with E-state index in [0.29, 0.717) is 16.7 Å².